The Bertz CT molecular complexity index is 51.6. The standard InChI is InChI=1S/C7H18N2S/c8-6-4-2-1-3-5-7-9-10/h9-10H,1-8H2. The van der Waals surface area contributed by atoms with Crippen LogP contribution in [0.15, 0.2) is 0 Å². The lowest BCUT2D eigenvalue weighted by molar-refractivity contribution is 0.617. The molecule has 0 radical (unpaired) electrons. The van der Waals surface area contributed by atoms with Crippen molar-refractivity contribution in [2.75, 3.05) is 13.1 Å². The number of rotatable bonds is 7. The maximum Gasteiger partial charge on any atom is 0.00561 e. The minimum absolute atomic E-state index is 0.838. The Hall–Kier alpha value is 0.270. The summed E-state index contributed by atoms with van der Waals surface area (Å²) in [6.07, 6.45) is 6.30. The third-order valence-electron chi connectivity index (χ3n) is 1.49. The van der Waals surface area contributed by atoms with Gasteiger partial charge in [0.05, 0.1) is 0 Å². The number of thiol groups is 1. The van der Waals surface area contributed by atoms with Gasteiger partial charge in [0.2, 0.25) is 0 Å². The second kappa shape index (κ2) is 9.27. The van der Waals surface area contributed by atoms with E-state index in [0.29, 0.717) is 0 Å². The Morgan fingerprint density at radius 3 is 2.20 bits per heavy atom. The molecule has 0 fully saturated rings. The van der Waals surface area contributed by atoms with E-state index in [1.54, 1.807) is 0 Å². The molecule has 10 heavy (non-hydrogen) atoms. The molecule has 0 aromatic carbocycles. The molecule has 0 atom stereocenters. The van der Waals surface area contributed by atoms with Gasteiger partial charge in [-0.15, -0.1) is 0 Å². The summed E-state index contributed by atoms with van der Waals surface area (Å²) >= 11 is 3.89. The van der Waals surface area contributed by atoms with Crippen molar-refractivity contribution in [3.8, 4) is 0 Å². The molecule has 62 valence electrons. The monoisotopic (exact) mass is 162 g/mol. The first-order chi connectivity index (χ1) is 4.91. The maximum absolute atomic E-state index is 5.34. The number of hydrogen-bond donors (Lipinski definition) is 3. The highest BCUT2D eigenvalue weighted by Gasteiger charge is 1.87. The van der Waals surface area contributed by atoms with E-state index < -0.39 is 0 Å². The highest BCUT2D eigenvalue weighted by atomic mass is 32.1. The summed E-state index contributed by atoms with van der Waals surface area (Å²) in [7, 11) is 0. The largest absolute Gasteiger partial charge is 0.330 e. The van der Waals surface area contributed by atoms with Gasteiger partial charge in [0.1, 0.15) is 0 Å². The molecule has 3 N–H and O–H groups in total. The van der Waals surface area contributed by atoms with Crippen LogP contribution in [0.4, 0.5) is 0 Å². The van der Waals surface area contributed by atoms with E-state index in [1.165, 1.54) is 32.1 Å². The SMILES string of the molecule is NCCCCCCCNS. The molecule has 0 bridgehead atoms. The molecule has 0 heterocycles. The fourth-order valence-corrected chi connectivity index (χ4v) is 1.04. The summed E-state index contributed by atoms with van der Waals surface area (Å²) in [6.45, 7) is 1.86. The summed E-state index contributed by atoms with van der Waals surface area (Å²) in [4.78, 5) is 0. The van der Waals surface area contributed by atoms with Crippen molar-refractivity contribution >= 4 is 12.8 Å². The van der Waals surface area contributed by atoms with Gasteiger partial charge in [0, 0.05) is 6.54 Å². The van der Waals surface area contributed by atoms with Gasteiger partial charge in [-0.25, -0.2) is 0 Å². The van der Waals surface area contributed by atoms with Gasteiger partial charge in [0.15, 0.2) is 0 Å². The van der Waals surface area contributed by atoms with E-state index in [-0.39, 0.29) is 0 Å². The molecule has 0 rings (SSSR count). The topological polar surface area (TPSA) is 38.0 Å². The Morgan fingerprint density at radius 2 is 1.60 bits per heavy atom. The molecule has 0 saturated carbocycles. The van der Waals surface area contributed by atoms with Crippen molar-refractivity contribution in [2.45, 2.75) is 32.1 Å². The quantitative estimate of drug-likeness (QED) is 0.390. The second-order valence-corrected chi connectivity index (χ2v) is 2.78. The molecule has 3 heteroatoms. The molecule has 0 aromatic rings. The average molecular weight is 162 g/mol. The van der Waals surface area contributed by atoms with Crippen LogP contribution in [-0.2, 0) is 0 Å². The van der Waals surface area contributed by atoms with E-state index in [1.807, 2.05) is 0 Å². The lowest BCUT2D eigenvalue weighted by atomic mass is 10.1. The van der Waals surface area contributed by atoms with E-state index in [0.717, 1.165) is 13.1 Å². The van der Waals surface area contributed by atoms with Crippen molar-refractivity contribution in [1.29, 1.82) is 0 Å². The second-order valence-electron chi connectivity index (χ2n) is 2.46. The molecule has 0 aliphatic carbocycles. The van der Waals surface area contributed by atoms with Gasteiger partial charge in [-0.2, -0.15) is 0 Å². The van der Waals surface area contributed by atoms with Crippen molar-refractivity contribution in [3.05, 3.63) is 0 Å². The van der Waals surface area contributed by atoms with Crippen LogP contribution in [0.3, 0.4) is 0 Å². The number of hydrogen-bond acceptors (Lipinski definition) is 3. The molecular weight excluding hydrogens is 144 g/mol. The zero-order valence-electron chi connectivity index (χ0n) is 6.47. The van der Waals surface area contributed by atoms with Gasteiger partial charge >= 0.3 is 0 Å². The zero-order valence-corrected chi connectivity index (χ0v) is 7.37. The first kappa shape index (κ1) is 10.3. The van der Waals surface area contributed by atoms with Crippen LogP contribution in [0.2, 0.25) is 0 Å². The van der Waals surface area contributed by atoms with Crippen LogP contribution in [-0.4, -0.2) is 13.1 Å². The van der Waals surface area contributed by atoms with Crippen LogP contribution in [0, 0.1) is 0 Å². The van der Waals surface area contributed by atoms with Crippen LogP contribution < -0.4 is 10.5 Å². The van der Waals surface area contributed by atoms with Crippen LogP contribution in [0.5, 0.6) is 0 Å². The molecule has 0 aromatic heterocycles. The van der Waals surface area contributed by atoms with Gasteiger partial charge in [0.25, 0.3) is 0 Å². The van der Waals surface area contributed by atoms with E-state index in [4.69, 9.17) is 5.73 Å². The van der Waals surface area contributed by atoms with Crippen molar-refractivity contribution in [2.24, 2.45) is 5.73 Å². The number of unbranched alkanes of at least 4 members (excludes halogenated alkanes) is 4. The van der Waals surface area contributed by atoms with Gasteiger partial charge in [-0.3, -0.25) is 4.72 Å². The predicted molar refractivity (Wildman–Crippen MR) is 49.1 cm³/mol. The van der Waals surface area contributed by atoms with Gasteiger partial charge < -0.3 is 5.73 Å². The maximum atomic E-state index is 5.34. The minimum atomic E-state index is 0.838. The fraction of sp³-hybridized carbons (Fsp3) is 1.00. The van der Waals surface area contributed by atoms with Crippen molar-refractivity contribution in [1.82, 2.24) is 4.72 Å². The third kappa shape index (κ3) is 8.27. The zero-order chi connectivity index (χ0) is 7.66. The fourth-order valence-electron chi connectivity index (χ4n) is 0.879. The molecule has 0 spiro atoms. The van der Waals surface area contributed by atoms with Crippen molar-refractivity contribution < 1.29 is 0 Å². The van der Waals surface area contributed by atoms with E-state index in [2.05, 4.69) is 17.5 Å². The van der Waals surface area contributed by atoms with Crippen LogP contribution in [0.25, 0.3) is 0 Å². The summed E-state index contributed by atoms with van der Waals surface area (Å²) in [5.41, 5.74) is 5.34. The molecule has 0 aliphatic heterocycles. The highest BCUT2D eigenvalue weighted by Crippen LogP contribution is 2.00. The summed E-state index contributed by atoms with van der Waals surface area (Å²) in [5.74, 6) is 0. The smallest absolute Gasteiger partial charge is 0.00561 e. The molecule has 0 unspecified atom stereocenters. The van der Waals surface area contributed by atoms with Gasteiger partial charge in [-0.1, -0.05) is 32.1 Å². The average Bonchev–Trinajstić information content (AvgIpc) is 1.97. The Labute approximate surface area is 69.1 Å². The Balaban J connectivity index is 2.65. The lowest BCUT2D eigenvalue weighted by Crippen LogP contribution is -2.01. The number of nitrogens with two attached hydrogens (primary N) is 1. The molecule has 0 aliphatic rings. The van der Waals surface area contributed by atoms with Gasteiger partial charge in [-0.05, 0) is 19.4 Å². The molecule has 0 saturated heterocycles. The van der Waals surface area contributed by atoms with Crippen LogP contribution >= 0.6 is 12.8 Å². The minimum Gasteiger partial charge on any atom is -0.330 e. The first-order valence-electron chi connectivity index (χ1n) is 3.99. The van der Waals surface area contributed by atoms with Crippen LogP contribution in [0.1, 0.15) is 32.1 Å². The highest BCUT2D eigenvalue weighted by molar-refractivity contribution is 7.78. The van der Waals surface area contributed by atoms with Crippen molar-refractivity contribution in [3.63, 3.8) is 0 Å². The van der Waals surface area contributed by atoms with E-state index in [9.17, 15) is 0 Å². The Morgan fingerprint density at radius 1 is 1.00 bits per heavy atom. The molecule has 2 nitrogen and oxygen atoms in total. The normalized spacial score (nSPS) is 10.2. The molecular formula is C7H18N2S. The summed E-state index contributed by atoms with van der Waals surface area (Å²) < 4.78 is 2.83. The lowest BCUT2D eigenvalue weighted by Gasteiger charge is -1.98. The molecule has 0 amide bonds. The van der Waals surface area contributed by atoms with E-state index >= 15 is 0 Å². The summed E-state index contributed by atoms with van der Waals surface area (Å²) in [5, 5.41) is 0. The third-order valence-corrected chi connectivity index (χ3v) is 1.72. The first-order valence-corrected chi connectivity index (χ1v) is 4.43. The predicted octanol–water partition coefficient (Wildman–Crippen LogP) is 1.33. The Kier molecular flexibility index (Phi) is 9.52. The number of nitrogens with one attached hydrogen (secondary N) is 1. The summed E-state index contributed by atoms with van der Waals surface area (Å²) in [6, 6.07) is 0.